The van der Waals surface area contributed by atoms with Crippen molar-refractivity contribution in [2.45, 2.75) is 19.5 Å². The fourth-order valence-electron chi connectivity index (χ4n) is 3.75. The first-order valence-corrected chi connectivity index (χ1v) is 10.7. The average Bonchev–Trinajstić information content (AvgIpc) is 3.19. The van der Waals surface area contributed by atoms with Crippen molar-refractivity contribution >= 4 is 16.9 Å². The standard InChI is InChI=1S/C26H27N3O4/c1-31-20-11-8-18(9-12-20)16-27-26(30)17-29-22-7-5-4-6-21(22)28-25(29)15-19-10-13-23(32-2)24(14-19)33-3/h4-14H,15-17H2,1-3H3,(H,27,30). The number of carbonyl (C=O) groups excluding carboxylic acids is 1. The van der Waals surface area contributed by atoms with E-state index >= 15 is 0 Å². The van der Waals surface area contributed by atoms with Gasteiger partial charge in [-0.15, -0.1) is 0 Å². The number of hydrogen-bond donors (Lipinski definition) is 1. The van der Waals surface area contributed by atoms with Gasteiger partial charge in [0.05, 0.1) is 32.4 Å². The molecule has 0 aliphatic rings. The molecule has 0 bridgehead atoms. The van der Waals surface area contributed by atoms with Crippen LogP contribution in [-0.2, 0) is 24.3 Å². The zero-order valence-corrected chi connectivity index (χ0v) is 19.0. The lowest BCUT2D eigenvalue weighted by Crippen LogP contribution is -2.27. The molecule has 0 aliphatic heterocycles. The lowest BCUT2D eigenvalue weighted by molar-refractivity contribution is -0.121. The van der Waals surface area contributed by atoms with E-state index in [0.717, 1.165) is 33.7 Å². The zero-order chi connectivity index (χ0) is 23.2. The van der Waals surface area contributed by atoms with Crippen LogP contribution in [0.2, 0.25) is 0 Å². The zero-order valence-electron chi connectivity index (χ0n) is 19.0. The van der Waals surface area contributed by atoms with Gasteiger partial charge in [0.25, 0.3) is 0 Å². The second-order valence-electron chi connectivity index (χ2n) is 7.59. The van der Waals surface area contributed by atoms with Gasteiger partial charge in [0.2, 0.25) is 5.91 Å². The molecule has 3 aromatic carbocycles. The minimum Gasteiger partial charge on any atom is -0.497 e. The molecule has 1 amide bonds. The molecule has 0 aliphatic carbocycles. The summed E-state index contributed by atoms with van der Waals surface area (Å²) in [6, 6.07) is 21.3. The van der Waals surface area contributed by atoms with Crippen LogP contribution in [0.15, 0.2) is 66.7 Å². The fraction of sp³-hybridized carbons (Fsp3) is 0.231. The molecule has 1 aromatic heterocycles. The number of ether oxygens (including phenoxy) is 3. The lowest BCUT2D eigenvalue weighted by atomic mass is 10.1. The van der Waals surface area contributed by atoms with Crippen LogP contribution < -0.4 is 19.5 Å². The van der Waals surface area contributed by atoms with Gasteiger partial charge in [-0.1, -0.05) is 30.3 Å². The third-order valence-electron chi connectivity index (χ3n) is 5.49. The molecular weight excluding hydrogens is 418 g/mol. The Hall–Kier alpha value is -4.00. The maximum absolute atomic E-state index is 12.8. The van der Waals surface area contributed by atoms with Gasteiger partial charge < -0.3 is 24.1 Å². The van der Waals surface area contributed by atoms with Crippen LogP contribution in [0, 0.1) is 0 Å². The smallest absolute Gasteiger partial charge is 0.240 e. The number of hydrogen-bond acceptors (Lipinski definition) is 5. The first-order valence-electron chi connectivity index (χ1n) is 10.7. The number of methoxy groups -OCH3 is 3. The van der Waals surface area contributed by atoms with Crippen LogP contribution in [0.5, 0.6) is 17.2 Å². The van der Waals surface area contributed by atoms with E-state index in [1.807, 2.05) is 71.3 Å². The molecule has 33 heavy (non-hydrogen) atoms. The maximum Gasteiger partial charge on any atom is 0.240 e. The molecule has 0 saturated heterocycles. The summed E-state index contributed by atoms with van der Waals surface area (Å²) in [6.07, 6.45) is 0.556. The molecule has 0 spiro atoms. The number of imidazole rings is 1. The normalized spacial score (nSPS) is 10.8. The number of amides is 1. The van der Waals surface area contributed by atoms with Crippen LogP contribution in [0.25, 0.3) is 11.0 Å². The molecule has 7 nitrogen and oxygen atoms in total. The predicted molar refractivity (Wildman–Crippen MR) is 127 cm³/mol. The summed E-state index contributed by atoms with van der Waals surface area (Å²) in [7, 11) is 4.86. The molecule has 0 unspecified atom stereocenters. The summed E-state index contributed by atoms with van der Waals surface area (Å²) in [4.78, 5) is 17.6. The summed E-state index contributed by atoms with van der Waals surface area (Å²) in [5.41, 5.74) is 3.80. The Kier molecular flexibility index (Phi) is 6.78. The van der Waals surface area contributed by atoms with Crippen molar-refractivity contribution in [2.75, 3.05) is 21.3 Å². The van der Waals surface area contributed by atoms with Crippen molar-refractivity contribution in [1.82, 2.24) is 14.9 Å². The first-order chi connectivity index (χ1) is 16.1. The monoisotopic (exact) mass is 445 g/mol. The highest BCUT2D eigenvalue weighted by Crippen LogP contribution is 2.29. The van der Waals surface area contributed by atoms with E-state index in [4.69, 9.17) is 19.2 Å². The Morgan fingerprint density at radius 2 is 1.61 bits per heavy atom. The van der Waals surface area contributed by atoms with Crippen LogP contribution in [0.1, 0.15) is 17.0 Å². The van der Waals surface area contributed by atoms with Crippen molar-refractivity contribution in [1.29, 1.82) is 0 Å². The summed E-state index contributed by atoms with van der Waals surface area (Å²) >= 11 is 0. The van der Waals surface area contributed by atoms with Crippen molar-refractivity contribution in [3.05, 3.63) is 83.7 Å². The summed E-state index contributed by atoms with van der Waals surface area (Å²) in [5.74, 6) is 2.85. The Morgan fingerprint density at radius 1 is 0.879 bits per heavy atom. The number of fused-ring (bicyclic) bond motifs is 1. The molecule has 0 atom stereocenters. The van der Waals surface area contributed by atoms with E-state index < -0.39 is 0 Å². The highest BCUT2D eigenvalue weighted by atomic mass is 16.5. The molecule has 4 rings (SSSR count). The number of nitrogens with zero attached hydrogens (tertiary/aromatic N) is 2. The van der Waals surface area contributed by atoms with E-state index in [1.54, 1.807) is 21.3 Å². The number of benzene rings is 3. The molecule has 1 heterocycles. The van der Waals surface area contributed by atoms with Crippen LogP contribution in [-0.4, -0.2) is 36.8 Å². The predicted octanol–water partition coefficient (Wildman–Crippen LogP) is 3.97. The van der Waals surface area contributed by atoms with Gasteiger partial charge in [-0.2, -0.15) is 0 Å². The second kappa shape index (κ2) is 10.1. The highest BCUT2D eigenvalue weighted by molar-refractivity contribution is 5.81. The lowest BCUT2D eigenvalue weighted by Gasteiger charge is -2.12. The number of para-hydroxylation sites is 2. The Morgan fingerprint density at radius 3 is 2.33 bits per heavy atom. The number of rotatable bonds is 9. The molecule has 1 N–H and O–H groups in total. The van der Waals surface area contributed by atoms with Crippen molar-refractivity contribution in [3.8, 4) is 17.2 Å². The Balaban J connectivity index is 1.54. The van der Waals surface area contributed by atoms with E-state index in [0.29, 0.717) is 24.5 Å². The summed E-state index contributed by atoms with van der Waals surface area (Å²) in [6.45, 7) is 0.625. The number of carbonyl (C=O) groups is 1. The summed E-state index contributed by atoms with van der Waals surface area (Å²) < 4.78 is 17.9. The van der Waals surface area contributed by atoms with E-state index in [2.05, 4.69) is 5.32 Å². The van der Waals surface area contributed by atoms with Crippen molar-refractivity contribution in [2.24, 2.45) is 0 Å². The number of nitrogens with one attached hydrogen (secondary N) is 1. The molecule has 4 aromatic rings. The van der Waals surface area contributed by atoms with E-state index in [1.165, 1.54) is 0 Å². The maximum atomic E-state index is 12.8. The topological polar surface area (TPSA) is 74.6 Å². The third-order valence-corrected chi connectivity index (χ3v) is 5.49. The molecule has 7 heteroatoms. The second-order valence-corrected chi connectivity index (χ2v) is 7.59. The van der Waals surface area contributed by atoms with Gasteiger partial charge >= 0.3 is 0 Å². The van der Waals surface area contributed by atoms with Gasteiger partial charge in [0.15, 0.2) is 11.5 Å². The van der Waals surface area contributed by atoms with Crippen LogP contribution in [0.3, 0.4) is 0 Å². The summed E-state index contributed by atoms with van der Waals surface area (Å²) in [5, 5.41) is 3.00. The molecule has 0 radical (unpaired) electrons. The van der Waals surface area contributed by atoms with Gasteiger partial charge in [0, 0.05) is 13.0 Å². The SMILES string of the molecule is COc1ccc(CNC(=O)Cn2c(Cc3ccc(OC)c(OC)c3)nc3ccccc32)cc1. The largest absolute Gasteiger partial charge is 0.497 e. The van der Waals surface area contributed by atoms with Gasteiger partial charge in [0.1, 0.15) is 18.1 Å². The Labute approximate surface area is 192 Å². The van der Waals surface area contributed by atoms with Crippen LogP contribution >= 0.6 is 0 Å². The highest BCUT2D eigenvalue weighted by Gasteiger charge is 2.15. The first kappa shape index (κ1) is 22.2. The molecule has 170 valence electrons. The average molecular weight is 446 g/mol. The molecule has 0 fully saturated rings. The van der Waals surface area contributed by atoms with Crippen molar-refractivity contribution < 1.29 is 19.0 Å². The van der Waals surface area contributed by atoms with Crippen molar-refractivity contribution in [3.63, 3.8) is 0 Å². The minimum absolute atomic E-state index is 0.0810. The minimum atomic E-state index is -0.0810. The molecule has 0 saturated carbocycles. The Bertz CT molecular complexity index is 1250. The van der Waals surface area contributed by atoms with E-state index in [-0.39, 0.29) is 12.5 Å². The number of aromatic nitrogens is 2. The molecular formula is C26H27N3O4. The quantitative estimate of drug-likeness (QED) is 0.422. The van der Waals surface area contributed by atoms with Gasteiger partial charge in [-0.3, -0.25) is 4.79 Å². The van der Waals surface area contributed by atoms with E-state index in [9.17, 15) is 4.79 Å². The van der Waals surface area contributed by atoms with Gasteiger partial charge in [-0.25, -0.2) is 4.98 Å². The third kappa shape index (κ3) is 5.09. The van der Waals surface area contributed by atoms with Gasteiger partial charge in [-0.05, 0) is 47.5 Å². The fourth-order valence-corrected chi connectivity index (χ4v) is 3.75. The van der Waals surface area contributed by atoms with Crippen LogP contribution in [0.4, 0.5) is 0 Å².